The molecule has 0 unspecified atom stereocenters. The molecule has 0 aliphatic carbocycles. The summed E-state index contributed by atoms with van der Waals surface area (Å²) in [6.45, 7) is 1.32. The number of benzene rings is 3. The topological polar surface area (TPSA) is 66.5 Å². The van der Waals surface area contributed by atoms with Crippen molar-refractivity contribution < 1.29 is 13.2 Å². The van der Waals surface area contributed by atoms with E-state index >= 15 is 0 Å². The highest BCUT2D eigenvalue weighted by Gasteiger charge is 2.29. The Hall–Kier alpha value is -2.09. The number of rotatable bonds is 7. The van der Waals surface area contributed by atoms with Crippen molar-refractivity contribution in [2.24, 2.45) is 0 Å². The monoisotopic (exact) mass is 496 g/mol. The molecule has 3 rings (SSSR count). The van der Waals surface area contributed by atoms with Crippen LogP contribution >= 0.6 is 34.8 Å². The quantitative estimate of drug-likeness (QED) is 0.449. The normalized spacial score (nSPS) is 11.5. The molecule has 3 aromatic carbocycles. The molecule has 1 amide bonds. The maximum atomic E-state index is 13.4. The standard InChI is InChI=1S/C22H19Cl3N2O3S/c1-15-18(24)8-5-9-20(15)26-22(28)14-27(13-16-6-3-2-4-7-16)31(29,30)21-12-17(23)10-11-19(21)25/h2-12H,13-14H2,1H3,(H,26,28). The van der Waals surface area contributed by atoms with Gasteiger partial charge in [0.2, 0.25) is 15.9 Å². The Balaban J connectivity index is 1.93. The summed E-state index contributed by atoms with van der Waals surface area (Å²) in [5.41, 5.74) is 1.92. The van der Waals surface area contributed by atoms with E-state index in [2.05, 4.69) is 5.32 Å². The van der Waals surface area contributed by atoms with Crippen molar-refractivity contribution in [3.05, 3.63) is 92.9 Å². The van der Waals surface area contributed by atoms with Gasteiger partial charge in [-0.3, -0.25) is 4.79 Å². The van der Waals surface area contributed by atoms with Crippen LogP contribution in [0.4, 0.5) is 5.69 Å². The molecule has 5 nitrogen and oxygen atoms in total. The third-order valence-corrected chi connectivity index (χ3v) is 7.49. The number of sulfonamides is 1. The summed E-state index contributed by atoms with van der Waals surface area (Å²) in [5.74, 6) is -0.511. The van der Waals surface area contributed by atoms with Crippen LogP contribution in [-0.4, -0.2) is 25.2 Å². The van der Waals surface area contributed by atoms with E-state index < -0.39 is 22.5 Å². The third-order valence-electron chi connectivity index (χ3n) is 4.57. The van der Waals surface area contributed by atoms with E-state index in [4.69, 9.17) is 34.8 Å². The van der Waals surface area contributed by atoms with Crippen LogP contribution < -0.4 is 5.32 Å². The summed E-state index contributed by atoms with van der Waals surface area (Å²) in [6.07, 6.45) is 0. The second-order valence-corrected chi connectivity index (χ2v) is 9.95. The number of amides is 1. The highest BCUT2D eigenvalue weighted by Crippen LogP contribution is 2.29. The smallest absolute Gasteiger partial charge is 0.245 e. The van der Waals surface area contributed by atoms with E-state index in [0.717, 1.165) is 9.87 Å². The fraction of sp³-hybridized carbons (Fsp3) is 0.136. The van der Waals surface area contributed by atoms with Crippen molar-refractivity contribution in [1.29, 1.82) is 0 Å². The van der Waals surface area contributed by atoms with Crippen molar-refractivity contribution >= 4 is 56.4 Å². The first-order valence-corrected chi connectivity index (χ1v) is 11.8. The minimum atomic E-state index is -4.13. The van der Waals surface area contributed by atoms with Gasteiger partial charge in [-0.05, 0) is 48.4 Å². The van der Waals surface area contributed by atoms with E-state index in [-0.39, 0.29) is 21.5 Å². The van der Waals surface area contributed by atoms with E-state index in [1.54, 1.807) is 49.4 Å². The molecule has 0 atom stereocenters. The number of nitrogens with zero attached hydrogens (tertiary/aromatic N) is 1. The lowest BCUT2D eigenvalue weighted by molar-refractivity contribution is -0.116. The Kier molecular flexibility index (Phi) is 7.62. The predicted octanol–water partition coefficient (Wildman–Crippen LogP) is 5.78. The maximum Gasteiger partial charge on any atom is 0.245 e. The molecule has 0 aliphatic rings. The predicted molar refractivity (Wildman–Crippen MR) is 125 cm³/mol. The Bertz CT molecular complexity index is 1200. The number of hydrogen-bond acceptors (Lipinski definition) is 3. The molecule has 1 N–H and O–H groups in total. The Morgan fingerprint density at radius 3 is 2.35 bits per heavy atom. The zero-order valence-electron chi connectivity index (χ0n) is 16.5. The molecule has 0 saturated carbocycles. The molecular formula is C22H19Cl3N2O3S. The second kappa shape index (κ2) is 10.0. The molecule has 0 fully saturated rings. The first kappa shape index (κ1) is 23.6. The van der Waals surface area contributed by atoms with E-state index in [9.17, 15) is 13.2 Å². The van der Waals surface area contributed by atoms with Gasteiger partial charge >= 0.3 is 0 Å². The van der Waals surface area contributed by atoms with Gasteiger partial charge in [-0.2, -0.15) is 4.31 Å². The van der Waals surface area contributed by atoms with Crippen LogP contribution in [0.15, 0.2) is 71.6 Å². The first-order valence-electron chi connectivity index (χ1n) is 9.22. The number of nitrogens with one attached hydrogen (secondary N) is 1. The van der Waals surface area contributed by atoms with Crippen molar-refractivity contribution in [2.45, 2.75) is 18.4 Å². The molecule has 0 radical (unpaired) electrons. The zero-order chi connectivity index (χ0) is 22.6. The van der Waals surface area contributed by atoms with Crippen molar-refractivity contribution in [3.63, 3.8) is 0 Å². The number of anilines is 1. The Morgan fingerprint density at radius 2 is 1.65 bits per heavy atom. The van der Waals surface area contributed by atoms with Gasteiger partial charge in [0, 0.05) is 22.3 Å². The largest absolute Gasteiger partial charge is 0.325 e. The number of hydrogen-bond donors (Lipinski definition) is 1. The third kappa shape index (κ3) is 5.79. The minimum absolute atomic E-state index is 0.0199. The Morgan fingerprint density at radius 1 is 0.935 bits per heavy atom. The molecule has 0 spiro atoms. The first-order chi connectivity index (χ1) is 14.7. The fourth-order valence-corrected chi connectivity index (χ4v) is 5.22. The lowest BCUT2D eigenvalue weighted by Gasteiger charge is -2.23. The number of carbonyl (C=O) groups excluding carboxylic acids is 1. The van der Waals surface area contributed by atoms with E-state index in [1.165, 1.54) is 18.2 Å². The van der Waals surface area contributed by atoms with E-state index in [0.29, 0.717) is 16.3 Å². The highest BCUT2D eigenvalue weighted by atomic mass is 35.5. The molecule has 0 saturated heterocycles. The summed E-state index contributed by atoms with van der Waals surface area (Å²) >= 11 is 18.3. The summed E-state index contributed by atoms with van der Waals surface area (Å²) in [6, 6.07) is 18.3. The van der Waals surface area contributed by atoms with Gasteiger partial charge < -0.3 is 5.32 Å². The van der Waals surface area contributed by atoms with Crippen LogP contribution in [0.5, 0.6) is 0 Å². The molecule has 9 heteroatoms. The van der Waals surface area contributed by atoms with Crippen molar-refractivity contribution in [1.82, 2.24) is 4.31 Å². The molecule has 0 heterocycles. The van der Waals surface area contributed by atoms with Crippen molar-refractivity contribution in [2.75, 3.05) is 11.9 Å². The lowest BCUT2D eigenvalue weighted by Crippen LogP contribution is -2.37. The number of carbonyl (C=O) groups is 1. The van der Waals surface area contributed by atoms with Gasteiger partial charge in [-0.15, -0.1) is 0 Å². The van der Waals surface area contributed by atoms with E-state index in [1.807, 2.05) is 6.07 Å². The molecule has 0 bridgehead atoms. The average Bonchev–Trinajstić information content (AvgIpc) is 2.73. The maximum absolute atomic E-state index is 13.4. The molecule has 0 aliphatic heterocycles. The van der Waals surface area contributed by atoms with Crippen LogP contribution in [0.25, 0.3) is 0 Å². The summed E-state index contributed by atoms with van der Waals surface area (Å²) in [7, 11) is -4.13. The molecule has 3 aromatic rings. The number of halogens is 3. The van der Waals surface area contributed by atoms with Gasteiger partial charge in [-0.1, -0.05) is 71.2 Å². The summed E-state index contributed by atoms with van der Waals surface area (Å²) in [4.78, 5) is 12.6. The van der Waals surface area contributed by atoms with Gasteiger partial charge in [0.1, 0.15) is 4.90 Å². The minimum Gasteiger partial charge on any atom is -0.325 e. The van der Waals surface area contributed by atoms with Crippen molar-refractivity contribution in [3.8, 4) is 0 Å². The van der Waals surface area contributed by atoms with Gasteiger partial charge in [0.05, 0.1) is 11.6 Å². The van der Waals surface area contributed by atoms with Crippen LogP contribution in [0.3, 0.4) is 0 Å². The van der Waals surface area contributed by atoms with Gasteiger partial charge in [0.15, 0.2) is 0 Å². The molecular weight excluding hydrogens is 479 g/mol. The van der Waals surface area contributed by atoms with Crippen LogP contribution in [0.2, 0.25) is 15.1 Å². The Labute approximate surface area is 196 Å². The zero-order valence-corrected chi connectivity index (χ0v) is 19.6. The van der Waals surface area contributed by atoms with Crippen LogP contribution in [-0.2, 0) is 21.4 Å². The molecule has 162 valence electrons. The van der Waals surface area contributed by atoms with Gasteiger partial charge in [0.25, 0.3) is 0 Å². The lowest BCUT2D eigenvalue weighted by atomic mass is 10.2. The van der Waals surface area contributed by atoms with Crippen LogP contribution in [0.1, 0.15) is 11.1 Å². The summed E-state index contributed by atoms with van der Waals surface area (Å²) in [5, 5.41) is 3.47. The fourth-order valence-electron chi connectivity index (χ4n) is 2.92. The highest BCUT2D eigenvalue weighted by molar-refractivity contribution is 7.89. The van der Waals surface area contributed by atoms with Gasteiger partial charge in [-0.25, -0.2) is 8.42 Å². The molecule has 0 aromatic heterocycles. The average molecular weight is 498 g/mol. The second-order valence-electron chi connectivity index (χ2n) is 6.79. The molecule has 31 heavy (non-hydrogen) atoms. The SMILES string of the molecule is Cc1c(Cl)cccc1NC(=O)CN(Cc1ccccc1)S(=O)(=O)c1cc(Cl)ccc1Cl. The van der Waals surface area contributed by atoms with Crippen LogP contribution in [0, 0.1) is 6.92 Å². The summed E-state index contributed by atoms with van der Waals surface area (Å²) < 4.78 is 27.9.